The van der Waals surface area contributed by atoms with Gasteiger partial charge < -0.3 is 0 Å². The summed E-state index contributed by atoms with van der Waals surface area (Å²) in [5.74, 6) is 2.81. The average Bonchev–Trinajstić information content (AvgIpc) is 2.21. The van der Waals surface area contributed by atoms with E-state index in [1.807, 2.05) is 0 Å². The molecule has 5 atom stereocenters. The molecule has 0 spiro atoms. The fourth-order valence-electron chi connectivity index (χ4n) is 5.19. The van der Waals surface area contributed by atoms with E-state index in [2.05, 4.69) is 27.4 Å². The SMILES string of the molecule is C=C1[C@H]2CC[C@]3(C)[C@H](C2)[C@H](C)CC[C@@]13C. The van der Waals surface area contributed by atoms with Gasteiger partial charge in [0.15, 0.2) is 0 Å². The van der Waals surface area contributed by atoms with E-state index in [0.29, 0.717) is 10.8 Å². The molecule has 4 saturated carbocycles. The molecule has 4 fully saturated rings. The van der Waals surface area contributed by atoms with E-state index in [1.54, 1.807) is 5.57 Å². The van der Waals surface area contributed by atoms with Gasteiger partial charge in [-0.15, -0.1) is 0 Å². The van der Waals surface area contributed by atoms with Gasteiger partial charge in [0.2, 0.25) is 0 Å². The summed E-state index contributed by atoms with van der Waals surface area (Å²) in [7, 11) is 0. The Bertz CT molecular complexity index is 316. The molecule has 0 aliphatic heterocycles. The minimum absolute atomic E-state index is 0.478. The van der Waals surface area contributed by atoms with Crippen molar-refractivity contribution in [2.75, 3.05) is 0 Å². The number of rotatable bonds is 0. The lowest BCUT2D eigenvalue weighted by Crippen LogP contribution is -2.58. The Balaban J connectivity index is 2.11. The molecule has 0 heteroatoms. The van der Waals surface area contributed by atoms with Crippen LogP contribution in [-0.4, -0.2) is 0 Å². The molecule has 4 rings (SSSR count). The number of allylic oxidation sites excluding steroid dienone is 1. The van der Waals surface area contributed by atoms with Crippen LogP contribution in [0.3, 0.4) is 0 Å². The van der Waals surface area contributed by atoms with Crippen LogP contribution in [0.2, 0.25) is 0 Å². The first-order valence-electron chi connectivity index (χ1n) is 6.68. The highest BCUT2D eigenvalue weighted by Gasteiger charge is 2.61. The third-order valence-electron chi connectivity index (χ3n) is 6.62. The summed E-state index contributed by atoms with van der Waals surface area (Å²) in [5.41, 5.74) is 2.67. The number of fused-ring (bicyclic) bond motifs is 1. The van der Waals surface area contributed by atoms with Crippen LogP contribution in [0, 0.1) is 28.6 Å². The fourth-order valence-corrected chi connectivity index (χ4v) is 5.19. The molecule has 0 amide bonds. The van der Waals surface area contributed by atoms with Crippen LogP contribution < -0.4 is 0 Å². The summed E-state index contributed by atoms with van der Waals surface area (Å²) < 4.78 is 0. The third kappa shape index (κ3) is 0.946. The molecule has 84 valence electrons. The summed E-state index contributed by atoms with van der Waals surface area (Å²) in [6.45, 7) is 12.0. The molecule has 0 nitrogen and oxygen atoms in total. The van der Waals surface area contributed by atoms with Crippen molar-refractivity contribution >= 4 is 0 Å². The maximum atomic E-state index is 4.46. The van der Waals surface area contributed by atoms with Crippen molar-refractivity contribution in [1.29, 1.82) is 0 Å². The molecular formula is C15H24. The molecule has 0 N–H and O–H groups in total. The van der Waals surface area contributed by atoms with Gasteiger partial charge in [0.05, 0.1) is 0 Å². The van der Waals surface area contributed by atoms with E-state index < -0.39 is 0 Å². The largest absolute Gasteiger partial charge is 0.0990 e. The Morgan fingerprint density at radius 2 is 1.93 bits per heavy atom. The highest BCUT2D eigenvalue weighted by Crippen LogP contribution is 2.70. The first kappa shape index (κ1) is 9.93. The van der Waals surface area contributed by atoms with E-state index in [9.17, 15) is 0 Å². The monoisotopic (exact) mass is 204 g/mol. The Hall–Kier alpha value is -0.260. The molecule has 0 unspecified atom stereocenters. The second kappa shape index (κ2) is 2.70. The zero-order valence-corrected chi connectivity index (χ0v) is 10.5. The summed E-state index contributed by atoms with van der Waals surface area (Å²) in [4.78, 5) is 0. The first-order valence-corrected chi connectivity index (χ1v) is 6.68. The zero-order chi connectivity index (χ0) is 10.8. The highest BCUT2D eigenvalue weighted by atomic mass is 14.7. The van der Waals surface area contributed by atoms with Crippen molar-refractivity contribution in [2.45, 2.75) is 52.9 Å². The van der Waals surface area contributed by atoms with Gasteiger partial charge >= 0.3 is 0 Å². The van der Waals surface area contributed by atoms with Crippen molar-refractivity contribution < 1.29 is 0 Å². The van der Waals surface area contributed by atoms with E-state index in [-0.39, 0.29) is 0 Å². The molecule has 0 aromatic rings. The minimum atomic E-state index is 0.478. The summed E-state index contributed by atoms with van der Waals surface area (Å²) in [6, 6.07) is 0. The highest BCUT2D eigenvalue weighted by molar-refractivity contribution is 5.28. The Labute approximate surface area is 94.1 Å². The molecule has 0 aromatic carbocycles. The van der Waals surface area contributed by atoms with Crippen molar-refractivity contribution in [3.05, 3.63) is 12.2 Å². The molecule has 4 bridgehead atoms. The fraction of sp³-hybridized carbons (Fsp3) is 0.867. The van der Waals surface area contributed by atoms with Gasteiger partial charge in [-0.25, -0.2) is 0 Å². The molecular weight excluding hydrogens is 180 g/mol. The predicted octanol–water partition coefficient (Wildman–Crippen LogP) is 4.42. The Kier molecular flexibility index (Phi) is 1.79. The molecule has 0 radical (unpaired) electrons. The maximum Gasteiger partial charge on any atom is -0.00597 e. The molecule has 0 saturated heterocycles. The Morgan fingerprint density at radius 3 is 2.67 bits per heavy atom. The topological polar surface area (TPSA) is 0 Å². The van der Waals surface area contributed by atoms with E-state index in [4.69, 9.17) is 0 Å². The van der Waals surface area contributed by atoms with Gasteiger partial charge in [-0.3, -0.25) is 0 Å². The molecule has 0 heterocycles. The van der Waals surface area contributed by atoms with Crippen LogP contribution in [-0.2, 0) is 0 Å². The van der Waals surface area contributed by atoms with Gasteiger partial charge in [0.25, 0.3) is 0 Å². The van der Waals surface area contributed by atoms with Gasteiger partial charge in [-0.2, -0.15) is 0 Å². The zero-order valence-electron chi connectivity index (χ0n) is 10.5. The second-order valence-corrected chi connectivity index (χ2v) is 6.87. The second-order valence-electron chi connectivity index (χ2n) is 6.87. The lowest BCUT2D eigenvalue weighted by Gasteiger charge is -2.67. The predicted molar refractivity (Wildman–Crippen MR) is 64.6 cm³/mol. The van der Waals surface area contributed by atoms with Crippen LogP contribution in [0.25, 0.3) is 0 Å². The van der Waals surface area contributed by atoms with Crippen molar-refractivity contribution in [1.82, 2.24) is 0 Å². The first-order chi connectivity index (χ1) is 6.99. The van der Waals surface area contributed by atoms with E-state index in [0.717, 1.165) is 17.8 Å². The van der Waals surface area contributed by atoms with E-state index >= 15 is 0 Å². The quantitative estimate of drug-likeness (QED) is 0.513. The van der Waals surface area contributed by atoms with Crippen LogP contribution in [0.4, 0.5) is 0 Å². The summed E-state index contributed by atoms with van der Waals surface area (Å²) in [5, 5.41) is 0. The van der Waals surface area contributed by atoms with E-state index in [1.165, 1.54) is 32.1 Å². The lowest BCUT2D eigenvalue weighted by molar-refractivity contribution is -0.123. The van der Waals surface area contributed by atoms with Gasteiger partial charge in [0, 0.05) is 0 Å². The standard InChI is InChI=1S/C15H24/c1-10-5-7-14(3)11(2)12-6-8-15(14,4)13(10)9-12/h10,12-13H,2,5-9H2,1,3-4H3/t10-,12+,13-,14+,15-/m1/s1. The summed E-state index contributed by atoms with van der Waals surface area (Å²) >= 11 is 0. The molecule has 15 heavy (non-hydrogen) atoms. The lowest BCUT2D eigenvalue weighted by atomic mass is 9.37. The van der Waals surface area contributed by atoms with Crippen molar-refractivity contribution in [2.24, 2.45) is 28.6 Å². The van der Waals surface area contributed by atoms with Gasteiger partial charge in [-0.1, -0.05) is 32.9 Å². The van der Waals surface area contributed by atoms with Crippen LogP contribution in [0.15, 0.2) is 12.2 Å². The smallest absolute Gasteiger partial charge is 0.00597 e. The van der Waals surface area contributed by atoms with Crippen molar-refractivity contribution in [3.8, 4) is 0 Å². The van der Waals surface area contributed by atoms with Crippen molar-refractivity contribution in [3.63, 3.8) is 0 Å². The van der Waals surface area contributed by atoms with Crippen LogP contribution >= 0.6 is 0 Å². The number of hydrogen-bond donors (Lipinski definition) is 0. The molecule has 4 aliphatic carbocycles. The summed E-state index contributed by atoms with van der Waals surface area (Å²) in [6.07, 6.45) is 7.17. The third-order valence-corrected chi connectivity index (χ3v) is 6.62. The Morgan fingerprint density at radius 1 is 1.20 bits per heavy atom. The van der Waals surface area contributed by atoms with Crippen LogP contribution in [0.1, 0.15) is 52.9 Å². The normalized spacial score (nSPS) is 58.3. The van der Waals surface area contributed by atoms with Gasteiger partial charge in [0.1, 0.15) is 0 Å². The van der Waals surface area contributed by atoms with Gasteiger partial charge in [-0.05, 0) is 60.7 Å². The molecule has 4 aliphatic rings. The molecule has 0 aromatic heterocycles. The number of hydrogen-bond acceptors (Lipinski definition) is 0. The average molecular weight is 204 g/mol. The van der Waals surface area contributed by atoms with Crippen LogP contribution in [0.5, 0.6) is 0 Å². The maximum absolute atomic E-state index is 4.46. The minimum Gasteiger partial charge on any atom is -0.0990 e.